The number of nitrogens with one attached hydrogen (secondary N) is 2. The molecule has 1 aromatic rings. The first-order valence-corrected chi connectivity index (χ1v) is 4.65. The third kappa shape index (κ3) is 1.73. The summed E-state index contributed by atoms with van der Waals surface area (Å²) in [7, 11) is 0. The maximum absolute atomic E-state index is 11.5. The van der Waals surface area contributed by atoms with Crippen molar-refractivity contribution in [1.29, 1.82) is 0 Å². The minimum absolute atomic E-state index is 0.0831. The van der Waals surface area contributed by atoms with E-state index in [9.17, 15) is 4.79 Å². The molecule has 1 aromatic heterocycles. The minimum Gasteiger partial charge on any atom is -0.344 e. The van der Waals surface area contributed by atoms with Crippen LogP contribution in [0.1, 0.15) is 32.5 Å². The van der Waals surface area contributed by atoms with Gasteiger partial charge in [0, 0.05) is 5.92 Å². The molecule has 0 bridgehead atoms. The van der Waals surface area contributed by atoms with Gasteiger partial charge in [-0.2, -0.15) is 5.21 Å². The second-order valence-corrected chi connectivity index (χ2v) is 4.12. The zero-order valence-corrected chi connectivity index (χ0v) is 8.24. The first kappa shape index (κ1) is 9.11. The zero-order valence-electron chi connectivity index (χ0n) is 8.24. The summed E-state index contributed by atoms with van der Waals surface area (Å²) in [6.45, 7) is 3.72. The van der Waals surface area contributed by atoms with Crippen molar-refractivity contribution >= 4 is 5.91 Å². The third-order valence-corrected chi connectivity index (χ3v) is 2.29. The Morgan fingerprint density at radius 3 is 2.79 bits per heavy atom. The predicted octanol–water partition coefficient (Wildman–Crippen LogP) is -0.0390. The van der Waals surface area contributed by atoms with Crippen molar-refractivity contribution in [2.45, 2.75) is 32.2 Å². The van der Waals surface area contributed by atoms with Gasteiger partial charge in [-0.3, -0.25) is 4.79 Å². The van der Waals surface area contributed by atoms with Gasteiger partial charge in [0.25, 0.3) is 0 Å². The summed E-state index contributed by atoms with van der Waals surface area (Å²) in [6.07, 6.45) is 1.99. The van der Waals surface area contributed by atoms with E-state index in [1.54, 1.807) is 0 Å². The molecule has 6 heteroatoms. The molecule has 1 aliphatic rings. The van der Waals surface area contributed by atoms with E-state index in [0.29, 0.717) is 5.82 Å². The third-order valence-electron chi connectivity index (χ3n) is 2.29. The van der Waals surface area contributed by atoms with Crippen molar-refractivity contribution in [3.63, 3.8) is 0 Å². The van der Waals surface area contributed by atoms with Crippen LogP contribution in [0, 0.1) is 5.92 Å². The van der Waals surface area contributed by atoms with E-state index in [1.807, 2.05) is 13.8 Å². The van der Waals surface area contributed by atoms with E-state index >= 15 is 0 Å². The number of carbonyl (C=O) groups is 1. The molecule has 0 aromatic carbocycles. The van der Waals surface area contributed by atoms with Gasteiger partial charge in [-0.05, 0) is 26.7 Å². The van der Waals surface area contributed by atoms with E-state index in [1.165, 1.54) is 0 Å². The number of hydrogen-bond donors (Lipinski definition) is 2. The molecule has 0 aliphatic heterocycles. The molecule has 0 unspecified atom stereocenters. The van der Waals surface area contributed by atoms with Crippen molar-refractivity contribution in [2.75, 3.05) is 0 Å². The number of aromatic amines is 1. The number of H-pyrrole nitrogens is 1. The predicted molar refractivity (Wildman–Crippen MR) is 48.1 cm³/mol. The molecule has 1 fully saturated rings. The maximum Gasteiger partial charge on any atom is 0.223 e. The molecule has 2 N–H and O–H groups in total. The van der Waals surface area contributed by atoms with Crippen LogP contribution in [-0.4, -0.2) is 26.5 Å². The molecule has 1 aliphatic carbocycles. The second-order valence-electron chi connectivity index (χ2n) is 4.12. The smallest absolute Gasteiger partial charge is 0.223 e. The van der Waals surface area contributed by atoms with Gasteiger partial charge in [-0.15, -0.1) is 10.2 Å². The fourth-order valence-corrected chi connectivity index (χ4v) is 1.24. The SMILES string of the molecule is CC(C)(NC(=O)C1CC1)c1nn[nH]n1. The highest BCUT2D eigenvalue weighted by Crippen LogP contribution is 2.30. The molecule has 0 atom stereocenters. The van der Waals surface area contributed by atoms with E-state index in [-0.39, 0.29) is 11.8 Å². The van der Waals surface area contributed by atoms with Crippen LogP contribution in [0.25, 0.3) is 0 Å². The lowest BCUT2D eigenvalue weighted by molar-refractivity contribution is -0.124. The molecule has 14 heavy (non-hydrogen) atoms. The first-order chi connectivity index (χ1) is 6.59. The van der Waals surface area contributed by atoms with Gasteiger partial charge in [0.2, 0.25) is 5.91 Å². The molecule has 1 saturated carbocycles. The molecule has 1 heterocycles. The monoisotopic (exact) mass is 195 g/mol. The van der Waals surface area contributed by atoms with Gasteiger partial charge in [-0.25, -0.2) is 0 Å². The summed E-state index contributed by atoms with van der Waals surface area (Å²) in [5, 5.41) is 16.5. The highest BCUT2D eigenvalue weighted by atomic mass is 16.2. The lowest BCUT2D eigenvalue weighted by Gasteiger charge is -2.22. The summed E-state index contributed by atoms with van der Waals surface area (Å²) in [6, 6.07) is 0. The molecular formula is C8H13N5O. The molecule has 0 radical (unpaired) electrons. The van der Waals surface area contributed by atoms with E-state index in [0.717, 1.165) is 12.8 Å². The van der Waals surface area contributed by atoms with Crippen LogP contribution in [0.15, 0.2) is 0 Å². The normalized spacial score (nSPS) is 16.7. The van der Waals surface area contributed by atoms with E-state index < -0.39 is 5.54 Å². The quantitative estimate of drug-likeness (QED) is 0.709. The largest absolute Gasteiger partial charge is 0.344 e. The fourth-order valence-electron chi connectivity index (χ4n) is 1.24. The number of rotatable bonds is 3. The number of tetrazole rings is 1. The van der Waals surface area contributed by atoms with Gasteiger partial charge in [0.05, 0.1) is 5.54 Å². The Morgan fingerprint density at radius 2 is 2.29 bits per heavy atom. The van der Waals surface area contributed by atoms with Crippen molar-refractivity contribution < 1.29 is 4.79 Å². The average Bonchev–Trinajstić information content (AvgIpc) is 2.80. The molecule has 0 saturated heterocycles. The van der Waals surface area contributed by atoms with Crippen LogP contribution in [-0.2, 0) is 10.3 Å². The van der Waals surface area contributed by atoms with Crippen LogP contribution < -0.4 is 5.32 Å². The van der Waals surface area contributed by atoms with E-state index in [2.05, 4.69) is 25.9 Å². The van der Waals surface area contributed by atoms with Crippen LogP contribution in [0.2, 0.25) is 0 Å². The van der Waals surface area contributed by atoms with Crippen molar-refractivity contribution in [1.82, 2.24) is 25.9 Å². The zero-order chi connectivity index (χ0) is 10.2. The highest BCUT2D eigenvalue weighted by molar-refractivity contribution is 5.81. The van der Waals surface area contributed by atoms with Crippen LogP contribution in [0.5, 0.6) is 0 Å². The number of nitrogens with zero attached hydrogens (tertiary/aromatic N) is 3. The lowest BCUT2D eigenvalue weighted by Crippen LogP contribution is -2.42. The Hall–Kier alpha value is -1.46. The number of hydrogen-bond acceptors (Lipinski definition) is 4. The number of amides is 1. The molecule has 0 spiro atoms. The number of aromatic nitrogens is 4. The Labute approximate surface area is 81.5 Å². The van der Waals surface area contributed by atoms with E-state index in [4.69, 9.17) is 0 Å². The second kappa shape index (κ2) is 3.04. The van der Waals surface area contributed by atoms with Gasteiger partial charge in [0.15, 0.2) is 5.82 Å². The Balaban J connectivity index is 2.04. The molecule has 1 amide bonds. The molecular weight excluding hydrogens is 182 g/mol. The summed E-state index contributed by atoms with van der Waals surface area (Å²) < 4.78 is 0. The summed E-state index contributed by atoms with van der Waals surface area (Å²) in [5.74, 6) is 0.785. The fraction of sp³-hybridized carbons (Fsp3) is 0.750. The lowest BCUT2D eigenvalue weighted by atomic mass is 10.0. The Kier molecular flexibility index (Phi) is 1.98. The molecule has 2 rings (SSSR count). The minimum atomic E-state index is -0.549. The average molecular weight is 195 g/mol. The van der Waals surface area contributed by atoms with Crippen molar-refractivity contribution in [2.24, 2.45) is 5.92 Å². The van der Waals surface area contributed by atoms with Crippen LogP contribution >= 0.6 is 0 Å². The van der Waals surface area contributed by atoms with Gasteiger partial charge in [-0.1, -0.05) is 5.21 Å². The summed E-state index contributed by atoms with van der Waals surface area (Å²) in [4.78, 5) is 11.5. The maximum atomic E-state index is 11.5. The Bertz CT molecular complexity index is 328. The number of carbonyl (C=O) groups excluding carboxylic acids is 1. The van der Waals surface area contributed by atoms with Crippen LogP contribution in [0.3, 0.4) is 0 Å². The molecule has 76 valence electrons. The van der Waals surface area contributed by atoms with Crippen molar-refractivity contribution in [3.05, 3.63) is 5.82 Å². The highest BCUT2D eigenvalue weighted by Gasteiger charge is 2.35. The topological polar surface area (TPSA) is 83.6 Å². The Morgan fingerprint density at radius 1 is 1.57 bits per heavy atom. The first-order valence-electron chi connectivity index (χ1n) is 4.65. The van der Waals surface area contributed by atoms with Gasteiger partial charge in [0.1, 0.15) is 0 Å². The summed E-state index contributed by atoms with van der Waals surface area (Å²) >= 11 is 0. The van der Waals surface area contributed by atoms with Crippen molar-refractivity contribution in [3.8, 4) is 0 Å². The van der Waals surface area contributed by atoms with Gasteiger partial charge >= 0.3 is 0 Å². The standard InChI is InChI=1S/C8H13N5O/c1-8(2,7-10-12-13-11-7)9-6(14)5-3-4-5/h5H,3-4H2,1-2H3,(H,9,14)(H,10,11,12,13). The summed E-state index contributed by atoms with van der Waals surface area (Å²) in [5.41, 5.74) is -0.549. The van der Waals surface area contributed by atoms with Gasteiger partial charge < -0.3 is 5.32 Å². The van der Waals surface area contributed by atoms with Crippen LogP contribution in [0.4, 0.5) is 0 Å². The molecule has 6 nitrogen and oxygen atoms in total.